The van der Waals surface area contributed by atoms with Crippen molar-refractivity contribution in [2.45, 2.75) is 0 Å². The molecule has 0 aliphatic carbocycles. The Hall–Kier alpha value is -3.79. The van der Waals surface area contributed by atoms with Crippen LogP contribution < -0.4 is 14.8 Å². The summed E-state index contributed by atoms with van der Waals surface area (Å²) >= 11 is 0. The summed E-state index contributed by atoms with van der Waals surface area (Å²) in [5.41, 5.74) is 1.39. The molecule has 7 nitrogen and oxygen atoms in total. The minimum Gasteiger partial charge on any atom is -0.493 e. The van der Waals surface area contributed by atoms with E-state index in [1.807, 2.05) is 24.3 Å². The lowest BCUT2D eigenvalue weighted by atomic mass is 10.2. The highest BCUT2D eigenvalue weighted by Crippen LogP contribution is 2.28. The smallest absolute Gasteiger partial charge is 0.246 e. The third-order valence-corrected chi connectivity index (χ3v) is 3.71. The number of nitriles is 1. The first kappa shape index (κ1) is 20.5. The van der Waals surface area contributed by atoms with Gasteiger partial charge in [0.2, 0.25) is 11.8 Å². The maximum atomic E-state index is 12.2. The zero-order valence-electron chi connectivity index (χ0n) is 15.7. The Morgan fingerprint density at radius 3 is 2.61 bits per heavy atom. The average Bonchev–Trinajstić information content (AvgIpc) is 2.71. The van der Waals surface area contributed by atoms with E-state index < -0.39 is 0 Å². The zero-order chi connectivity index (χ0) is 20.4. The van der Waals surface area contributed by atoms with Crippen LogP contribution in [-0.2, 0) is 9.59 Å². The van der Waals surface area contributed by atoms with Gasteiger partial charge in [-0.3, -0.25) is 9.59 Å². The molecule has 2 aromatic rings. The topological polar surface area (TPSA) is 91.7 Å². The Kier molecular flexibility index (Phi) is 7.61. The van der Waals surface area contributed by atoms with Crippen LogP contribution in [0.3, 0.4) is 0 Å². The summed E-state index contributed by atoms with van der Waals surface area (Å²) in [6, 6.07) is 16.0. The monoisotopic (exact) mass is 379 g/mol. The second-order valence-electron chi connectivity index (χ2n) is 5.80. The molecule has 7 heteroatoms. The number of amides is 2. The second kappa shape index (κ2) is 10.4. The molecule has 0 aromatic heterocycles. The SMILES string of the molecule is COc1cc(/C=C/C(=O)N(C)CC(=O)Nc2ccccc2)ccc1OCC#N. The quantitative estimate of drug-likeness (QED) is 0.712. The number of carbonyl (C=O) groups excluding carboxylic acids is 2. The van der Waals surface area contributed by atoms with Gasteiger partial charge in [-0.25, -0.2) is 0 Å². The molecule has 2 amide bonds. The Morgan fingerprint density at radius 1 is 1.18 bits per heavy atom. The van der Waals surface area contributed by atoms with Crippen LogP contribution in [-0.4, -0.2) is 44.0 Å². The third kappa shape index (κ3) is 6.18. The van der Waals surface area contributed by atoms with E-state index in [1.165, 1.54) is 18.1 Å². The van der Waals surface area contributed by atoms with E-state index in [4.69, 9.17) is 14.7 Å². The van der Waals surface area contributed by atoms with Crippen molar-refractivity contribution in [1.29, 1.82) is 5.26 Å². The number of nitrogens with zero attached hydrogens (tertiary/aromatic N) is 2. The number of carbonyl (C=O) groups is 2. The largest absolute Gasteiger partial charge is 0.493 e. The van der Waals surface area contributed by atoms with Crippen molar-refractivity contribution in [2.75, 3.05) is 32.6 Å². The maximum Gasteiger partial charge on any atom is 0.246 e. The standard InChI is InChI=1S/C21H21N3O4/c1-24(15-20(25)23-17-6-4-3-5-7-17)21(26)11-9-16-8-10-18(28-13-12-22)19(14-16)27-2/h3-11,14H,13,15H2,1-2H3,(H,23,25)/b11-9+. The lowest BCUT2D eigenvalue weighted by molar-refractivity contribution is -0.129. The van der Waals surface area contributed by atoms with Crippen molar-refractivity contribution in [3.63, 3.8) is 0 Å². The molecule has 0 aliphatic heterocycles. The van der Waals surface area contributed by atoms with Gasteiger partial charge in [0, 0.05) is 18.8 Å². The Labute approximate surface area is 163 Å². The molecule has 0 atom stereocenters. The van der Waals surface area contributed by atoms with Gasteiger partial charge in [0.1, 0.15) is 6.07 Å². The summed E-state index contributed by atoms with van der Waals surface area (Å²) in [5.74, 6) is 0.311. The molecule has 2 aromatic carbocycles. The summed E-state index contributed by atoms with van der Waals surface area (Å²) in [6.07, 6.45) is 2.99. The lowest BCUT2D eigenvalue weighted by Gasteiger charge is -2.15. The first-order valence-electron chi connectivity index (χ1n) is 8.49. The van der Waals surface area contributed by atoms with E-state index in [-0.39, 0.29) is 25.0 Å². The fourth-order valence-corrected chi connectivity index (χ4v) is 2.33. The molecule has 0 unspecified atom stereocenters. The first-order valence-corrected chi connectivity index (χ1v) is 8.49. The fourth-order valence-electron chi connectivity index (χ4n) is 2.33. The summed E-state index contributed by atoms with van der Waals surface area (Å²) in [5, 5.41) is 11.3. The first-order chi connectivity index (χ1) is 13.5. The van der Waals surface area contributed by atoms with E-state index in [9.17, 15) is 9.59 Å². The van der Waals surface area contributed by atoms with Crippen LogP contribution in [0.5, 0.6) is 11.5 Å². The number of anilines is 1. The van der Waals surface area contributed by atoms with E-state index in [2.05, 4.69) is 5.32 Å². The lowest BCUT2D eigenvalue weighted by Crippen LogP contribution is -2.33. The molecular formula is C21H21N3O4. The summed E-state index contributed by atoms with van der Waals surface area (Å²) in [6.45, 7) is -0.151. The van der Waals surface area contributed by atoms with Crippen molar-refractivity contribution in [3.05, 3.63) is 60.2 Å². The van der Waals surface area contributed by atoms with Gasteiger partial charge in [0.15, 0.2) is 18.1 Å². The van der Waals surface area contributed by atoms with Gasteiger partial charge in [0.05, 0.1) is 13.7 Å². The maximum absolute atomic E-state index is 12.2. The van der Waals surface area contributed by atoms with Crippen molar-refractivity contribution >= 4 is 23.6 Å². The molecule has 0 spiro atoms. The van der Waals surface area contributed by atoms with Crippen LogP contribution in [0.15, 0.2) is 54.6 Å². The highest BCUT2D eigenvalue weighted by molar-refractivity contribution is 5.97. The molecule has 2 rings (SSSR count). The highest BCUT2D eigenvalue weighted by Gasteiger charge is 2.11. The fraction of sp³-hybridized carbons (Fsp3) is 0.190. The van der Waals surface area contributed by atoms with Crippen LogP contribution in [0.1, 0.15) is 5.56 Å². The normalized spacial score (nSPS) is 10.2. The molecule has 0 aliphatic rings. The van der Waals surface area contributed by atoms with Gasteiger partial charge in [-0.05, 0) is 35.9 Å². The Bertz CT molecular complexity index is 888. The molecule has 144 valence electrons. The molecule has 0 saturated heterocycles. The Morgan fingerprint density at radius 2 is 1.93 bits per heavy atom. The van der Waals surface area contributed by atoms with Crippen LogP contribution in [0, 0.1) is 11.3 Å². The number of para-hydroxylation sites is 1. The molecule has 0 fully saturated rings. The van der Waals surface area contributed by atoms with Crippen molar-refractivity contribution in [2.24, 2.45) is 0 Å². The summed E-state index contributed by atoms with van der Waals surface area (Å²) < 4.78 is 10.5. The average molecular weight is 379 g/mol. The second-order valence-corrected chi connectivity index (χ2v) is 5.80. The Balaban J connectivity index is 1.94. The summed E-state index contributed by atoms with van der Waals surface area (Å²) in [4.78, 5) is 25.6. The van der Waals surface area contributed by atoms with E-state index in [0.29, 0.717) is 17.2 Å². The molecular weight excluding hydrogens is 358 g/mol. The predicted octanol–water partition coefficient (Wildman–Crippen LogP) is 2.71. The number of rotatable bonds is 8. The number of benzene rings is 2. The molecule has 0 saturated carbocycles. The highest BCUT2D eigenvalue weighted by atomic mass is 16.5. The molecule has 0 heterocycles. The van der Waals surface area contributed by atoms with Gasteiger partial charge >= 0.3 is 0 Å². The van der Waals surface area contributed by atoms with E-state index >= 15 is 0 Å². The molecule has 1 N–H and O–H groups in total. The van der Waals surface area contributed by atoms with Gasteiger partial charge in [-0.2, -0.15) is 5.26 Å². The van der Waals surface area contributed by atoms with Crippen molar-refractivity contribution in [3.8, 4) is 17.6 Å². The number of methoxy groups -OCH3 is 1. The number of hydrogen-bond acceptors (Lipinski definition) is 5. The number of ether oxygens (including phenoxy) is 2. The zero-order valence-corrected chi connectivity index (χ0v) is 15.7. The molecule has 28 heavy (non-hydrogen) atoms. The summed E-state index contributed by atoms with van der Waals surface area (Å²) in [7, 11) is 3.04. The van der Waals surface area contributed by atoms with Crippen LogP contribution >= 0.6 is 0 Å². The van der Waals surface area contributed by atoms with Gasteiger partial charge in [0.25, 0.3) is 0 Å². The molecule has 0 bridgehead atoms. The predicted molar refractivity (Wildman–Crippen MR) is 106 cm³/mol. The minimum atomic E-state index is -0.313. The van der Waals surface area contributed by atoms with E-state index in [1.54, 1.807) is 43.5 Å². The van der Waals surface area contributed by atoms with Crippen molar-refractivity contribution < 1.29 is 19.1 Å². The molecule has 0 radical (unpaired) electrons. The van der Waals surface area contributed by atoms with Crippen LogP contribution in [0.4, 0.5) is 5.69 Å². The van der Waals surface area contributed by atoms with Gasteiger partial charge in [-0.1, -0.05) is 24.3 Å². The van der Waals surface area contributed by atoms with Gasteiger partial charge in [-0.15, -0.1) is 0 Å². The van der Waals surface area contributed by atoms with E-state index in [0.717, 1.165) is 5.56 Å². The van der Waals surface area contributed by atoms with Crippen LogP contribution in [0.2, 0.25) is 0 Å². The third-order valence-electron chi connectivity index (χ3n) is 3.71. The minimum absolute atomic E-state index is 0.0671. The number of nitrogens with one attached hydrogen (secondary N) is 1. The van der Waals surface area contributed by atoms with Crippen molar-refractivity contribution in [1.82, 2.24) is 4.90 Å². The van der Waals surface area contributed by atoms with Crippen LogP contribution in [0.25, 0.3) is 6.08 Å². The number of likely N-dealkylation sites (N-methyl/N-ethyl adjacent to an activating group) is 1. The van der Waals surface area contributed by atoms with Gasteiger partial charge < -0.3 is 19.7 Å². The number of hydrogen-bond donors (Lipinski definition) is 1.